The van der Waals surface area contributed by atoms with E-state index in [4.69, 9.17) is 4.74 Å². The van der Waals surface area contributed by atoms with Gasteiger partial charge in [0, 0.05) is 11.9 Å². The zero-order valence-electron chi connectivity index (χ0n) is 10.4. The fourth-order valence-electron chi connectivity index (χ4n) is 1.71. The summed E-state index contributed by atoms with van der Waals surface area (Å²) in [5.74, 6) is 0.787. The summed E-state index contributed by atoms with van der Waals surface area (Å²) < 4.78 is 4.75. The van der Waals surface area contributed by atoms with Crippen LogP contribution in [0.5, 0.6) is 0 Å². The monoisotopic (exact) mass is 224 g/mol. The van der Waals surface area contributed by atoms with E-state index < -0.39 is 0 Å². The Balaban J connectivity index is 2.78. The Labute approximate surface area is 96.4 Å². The first kappa shape index (κ1) is 12.7. The minimum atomic E-state index is -0.272. The molecule has 90 valence electrons. The van der Waals surface area contributed by atoms with Crippen LogP contribution in [0.4, 0.5) is 0 Å². The van der Waals surface area contributed by atoms with Crippen molar-refractivity contribution in [3.8, 4) is 0 Å². The van der Waals surface area contributed by atoms with Crippen molar-refractivity contribution in [1.82, 2.24) is 9.97 Å². The Morgan fingerprint density at radius 3 is 2.75 bits per heavy atom. The van der Waals surface area contributed by atoms with Crippen molar-refractivity contribution in [1.29, 1.82) is 0 Å². The first-order valence-corrected chi connectivity index (χ1v) is 5.70. The maximum absolute atomic E-state index is 11.5. The van der Waals surface area contributed by atoms with Crippen LogP contribution in [-0.4, -0.2) is 23.0 Å². The summed E-state index contributed by atoms with van der Waals surface area (Å²) in [5.41, 5.74) is 1.08. The smallest absolute Gasteiger partial charge is 0.316 e. The number of esters is 1. The van der Waals surface area contributed by atoms with E-state index in [9.17, 15) is 4.79 Å². The second-order valence-corrected chi connectivity index (χ2v) is 4.38. The third-order valence-electron chi connectivity index (χ3n) is 2.50. The standard InChI is InChI=1S/C12H20N2O2/c1-5-10(12(15)16-4)11-13-7-9(14-11)6-8(2)3/h7-8,10H,5-6H2,1-4H3,(H,13,14). The summed E-state index contributed by atoms with van der Waals surface area (Å²) >= 11 is 0. The number of imidazole rings is 1. The van der Waals surface area contributed by atoms with Gasteiger partial charge in [-0.3, -0.25) is 4.79 Å². The van der Waals surface area contributed by atoms with E-state index in [1.54, 1.807) is 6.20 Å². The van der Waals surface area contributed by atoms with Crippen LogP contribution in [-0.2, 0) is 16.0 Å². The zero-order chi connectivity index (χ0) is 12.1. The van der Waals surface area contributed by atoms with Crippen molar-refractivity contribution in [3.63, 3.8) is 0 Å². The minimum Gasteiger partial charge on any atom is -0.468 e. The number of aromatic nitrogens is 2. The Morgan fingerprint density at radius 2 is 2.25 bits per heavy atom. The van der Waals surface area contributed by atoms with Crippen LogP contribution >= 0.6 is 0 Å². The molecule has 0 aliphatic heterocycles. The molecule has 0 aliphatic rings. The Hall–Kier alpha value is -1.32. The number of nitrogens with zero attached hydrogens (tertiary/aromatic N) is 1. The van der Waals surface area contributed by atoms with Gasteiger partial charge in [0.05, 0.1) is 7.11 Å². The van der Waals surface area contributed by atoms with Gasteiger partial charge in [-0.05, 0) is 18.8 Å². The first-order valence-electron chi connectivity index (χ1n) is 5.70. The number of H-pyrrole nitrogens is 1. The first-order chi connectivity index (χ1) is 7.58. The normalized spacial score (nSPS) is 12.8. The molecule has 0 aromatic carbocycles. The van der Waals surface area contributed by atoms with Crippen LogP contribution in [0, 0.1) is 5.92 Å². The van der Waals surface area contributed by atoms with Gasteiger partial charge < -0.3 is 9.72 Å². The molecule has 1 atom stereocenters. The molecule has 1 aromatic heterocycles. The second kappa shape index (κ2) is 5.68. The predicted octanol–water partition coefficient (Wildman–Crippen LogP) is 2.27. The van der Waals surface area contributed by atoms with Crippen molar-refractivity contribution < 1.29 is 9.53 Å². The van der Waals surface area contributed by atoms with Gasteiger partial charge in [0.15, 0.2) is 0 Å². The van der Waals surface area contributed by atoms with Crippen molar-refractivity contribution in [2.45, 2.75) is 39.5 Å². The third kappa shape index (κ3) is 3.08. The molecule has 1 N–H and O–H groups in total. The lowest BCUT2D eigenvalue weighted by Crippen LogP contribution is -2.14. The van der Waals surface area contributed by atoms with Gasteiger partial charge in [-0.15, -0.1) is 0 Å². The van der Waals surface area contributed by atoms with Gasteiger partial charge in [-0.25, -0.2) is 4.98 Å². The molecule has 4 heteroatoms. The van der Waals surface area contributed by atoms with Crippen LogP contribution in [0.1, 0.15) is 44.6 Å². The molecular formula is C12H20N2O2. The van der Waals surface area contributed by atoms with Crippen molar-refractivity contribution in [2.75, 3.05) is 7.11 Å². The number of carbonyl (C=O) groups is 1. The summed E-state index contributed by atoms with van der Waals surface area (Å²) in [6.07, 6.45) is 3.45. The highest BCUT2D eigenvalue weighted by Gasteiger charge is 2.22. The summed E-state index contributed by atoms with van der Waals surface area (Å²) in [6, 6.07) is 0. The van der Waals surface area contributed by atoms with Crippen LogP contribution in [0.25, 0.3) is 0 Å². The van der Waals surface area contributed by atoms with E-state index in [0.29, 0.717) is 18.2 Å². The Morgan fingerprint density at radius 1 is 1.56 bits per heavy atom. The number of rotatable bonds is 5. The quantitative estimate of drug-likeness (QED) is 0.781. The Bertz CT molecular complexity index is 345. The summed E-state index contributed by atoms with van der Waals surface area (Å²) in [4.78, 5) is 18.9. The molecule has 1 rings (SSSR count). The largest absolute Gasteiger partial charge is 0.468 e. The van der Waals surface area contributed by atoms with Crippen molar-refractivity contribution in [3.05, 3.63) is 17.7 Å². The van der Waals surface area contributed by atoms with E-state index >= 15 is 0 Å². The summed E-state index contributed by atoms with van der Waals surface area (Å²) in [5, 5.41) is 0. The molecule has 0 radical (unpaired) electrons. The maximum Gasteiger partial charge on any atom is 0.316 e. The van der Waals surface area contributed by atoms with Gasteiger partial charge in [-0.2, -0.15) is 0 Å². The number of hydrogen-bond donors (Lipinski definition) is 1. The summed E-state index contributed by atoms with van der Waals surface area (Å²) in [7, 11) is 1.41. The van der Waals surface area contributed by atoms with Crippen LogP contribution < -0.4 is 0 Å². The molecule has 1 unspecified atom stereocenters. The number of ether oxygens (including phenoxy) is 1. The molecule has 4 nitrogen and oxygen atoms in total. The van der Waals surface area contributed by atoms with Gasteiger partial charge in [0.25, 0.3) is 0 Å². The van der Waals surface area contributed by atoms with E-state index in [0.717, 1.165) is 12.1 Å². The Kier molecular flexibility index (Phi) is 4.52. The second-order valence-electron chi connectivity index (χ2n) is 4.38. The predicted molar refractivity (Wildman–Crippen MR) is 62.2 cm³/mol. The van der Waals surface area contributed by atoms with Gasteiger partial charge in [-0.1, -0.05) is 20.8 Å². The lowest BCUT2D eigenvalue weighted by Gasteiger charge is -2.09. The highest BCUT2D eigenvalue weighted by Crippen LogP contribution is 2.18. The highest BCUT2D eigenvalue weighted by atomic mass is 16.5. The fourth-order valence-corrected chi connectivity index (χ4v) is 1.71. The van der Waals surface area contributed by atoms with Gasteiger partial charge >= 0.3 is 5.97 Å². The van der Waals surface area contributed by atoms with Crippen LogP contribution in [0.3, 0.4) is 0 Å². The molecule has 0 bridgehead atoms. The summed E-state index contributed by atoms with van der Waals surface area (Å²) in [6.45, 7) is 6.25. The lowest BCUT2D eigenvalue weighted by molar-refractivity contribution is -0.142. The molecule has 0 amide bonds. The number of carbonyl (C=O) groups excluding carboxylic acids is 1. The highest BCUT2D eigenvalue weighted by molar-refractivity contribution is 5.76. The van der Waals surface area contributed by atoms with E-state index in [1.807, 2.05) is 6.92 Å². The SMILES string of the molecule is CCC(C(=O)OC)c1ncc(CC(C)C)[nH]1. The topological polar surface area (TPSA) is 55.0 Å². The van der Waals surface area contributed by atoms with Gasteiger partial charge in [0.1, 0.15) is 11.7 Å². The lowest BCUT2D eigenvalue weighted by atomic mass is 10.1. The zero-order valence-corrected chi connectivity index (χ0v) is 10.4. The van der Waals surface area contributed by atoms with Crippen LogP contribution in [0.15, 0.2) is 6.20 Å². The molecule has 1 heterocycles. The number of methoxy groups -OCH3 is 1. The third-order valence-corrected chi connectivity index (χ3v) is 2.50. The molecule has 0 fully saturated rings. The number of nitrogens with one attached hydrogen (secondary N) is 1. The van der Waals surface area contributed by atoms with E-state index in [1.165, 1.54) is 7.11 Å². The average Bonchev–Trinajstić information content (AvgIpc) is 2.66. The molecule has 0 saturated heterocycles. The number of hydrogen-bond acceptors (Lipinski definition) is 3. The van der Waals surface area contributed by atoms with Crippen molar-refractivity contribution >= 4 is 5.97 Å². The number of aromatic amines is 1. The van der Waals surface area contributed by atoms with E-state index in [-0.39, 0.29) is 11.9 Å². The fraction of sp³-hybridized carbons (Fsp3) is 0.667. The van der Waals surface area contributed by atoms with Gasteiger partial charge in [0.2, 0.25) is 0 Å². The molecule has 16 heavy (non-hydrogen) atoms. The molecule has 1 aromatic rings. The molecular weight excluding hydrogens is 204 g/mol. The minimum absolute atomic E-state index is 0.229. The molecule has 0 aliphatic carbocycles. The maximum atomic E-state index is 11.5. The molecule has 0 saturated carbocycles. The van der Waals surface area contributed by atoms with Crippen molar-refractivity contribution in [2.24, 2.45) is 5.92 Å². The average molecular weight is 224 g/mol. The van der Waals surface area contributed by atoms with Crippen LogP contribution in [0.2, 0.25) is 0 Å². The van der Waals surface area contributed by atoms with E-state index in [2.05, 4.69) is 23.8 Å². The molecule has 0 spiro atoms.